The molecule has 4 heteroatoms. The van der Waals surface area contributed by atoms with Crippen molar-refractivity contribution in [3.8, 4) is 0 Å². The number of carbonyl (C=O) groups is 1. The average Bonchev–Trinajstić information content (AvgIpc) is 2.61. The molecule has 0 saturated carbocycles. The van der Waals surface area contributed by atoms with Gasteiger partial charge in [0.2, 0.25) is 5.91 Å². The van der Waals surface area contributed by atoms with Crippen LogP contribution in [0.4, 0.5) is 0 Å². The van der Waals surface area contributed by atoms with Crippen LogP contribution in [0.25, 0.3) is 0 Å². The van der Waals surface area contributed by atoms with Crippen LogP contribution in [-0.2, 0) is 16.8 Å². The fourth-order valence-corrected chi connectivity index (χ4v) is 2.25. The van der Waals surface area contributed by atoms with Gasteiger partial charge < -0.3 is 11.1 Å². The van der Waals surface area contributed by atoms with E-state index in [-0.39, 0.29) is 17.4 Å². The van der Waals surface area contributed by atoms with E-state index in [1.54, 1.807) is 18.3 Å². The number of hydrogen-bond acceptors (Lipinski definition) is 3. The summed E-state index contributed by atoms with van der Waals surface area (Å²) in [6, 6.07) is 3.97. The van der Waals surface area contributed by atoms with E-state index in [1.807, 2.05) is 0 Å². The van der Waals surface area contributed by atoms with Gasteiger partial charge in [0, 0.05) is 16.3 Å². The van der Waals surface area contributed by atoms with Gasteiger partial charge in [0.25, 0.3) is 0 Å². The Bertz CT molecular complexity index is 365. The highest BCUT2D eigenvalue weighted by molar-refractivity contribution is 7.12. The molecule has 16 heavy (non-hydrogen) atoms. The van der Waals surface area contributed by atoms with Gasteiger partial charge in [0.1, 0.15) is 0 Å². The summed E-state index contributed by atoms with van der Waals surface area (Å²) in [5.41, 5.74) is 5.37. The summed E-state index contributed by atoms with van der Waals surface area (Å²) in [6.07, 6.45) is 0. The molecule has 3 N–H and O–H groups in total. The molecule has 1 heterocycles. The zero-order valence-corrected chi connectivity index (χ0v) is 11.1. The van der Waals surface area contributed by atoms with E-state index in [1.165, 1.54) is 9.75 Å². The quantitative estimate of drug-likeness (QED) is 0.846. The largest absolute Gasteiger partial charge is 0.368 e. The first-order chi connectivity index (χ1) is 7.30. The van der Waals surface area contributed by atoms with Crippen molar-refractivity contribution in [3.63, 3.8) is 0 Å². The minimum Gasteiger partial charge on any atom is -0.368 e. The van der Waals surface area contributed by atoms with Crippen molar-refractivity contribution in [2.24, 2.45) is 5.73 Å². The van der Waals surface area contributed by atoms with Crippen LogP contribution < -0.4 is 11.1 Å². The molecule has 90 valence electrons. The summed E-state index contributed by atoms with van der Waals surface area (Å²) in [5.74, 6) is -0.312. The van der Waals surface area contributed by atoms with Crippen LogP contribution in [0.5, 0.6) is 0 Å². The summed E-state index contributed by atoms with van der Waals surface area (Å²) in [7, 11) is 0. The van der Waals surface area contributed by atoms with Crippen molar-refractivity contribution >= 4 is 17.2 Å². The van der Waals surface area contributed by atoms with Crippen LogP contribution in [-0.4, -0.2) is 11.9 Å². The first-order valence-corrected chi connectivity index (χ1v) is 6.24. The van der Waals surface area contributed by atoms with Crippen LogP contribution >= 0.6 is 11.3 Å². The third kappa shape index (κ3) is 3.61. The second kappa shape index (κ2) is 4.97. The molecule has 0 bridgehead atoms. The van der Waals surface area contributed by atoms with Gasteiger partial charge in [-0.3, -0.25) is 4.79 Å². The van der Waals surface area contributed by atoms with E-state index in [9.17, 15) is 4.79 Å². The molecule has 1 unspecified atom stereocenters. The van der Waals surface area contributed by atoms with Gasteiger partial charge in [0.15, 0.2) is 0 Å². The van der Waals surface area contributed by atoms with E-state index >= 15 is 0 Å². The highest BCUT2D eigenvalue weighted by atomic mass is 32.1. The van der Waals surface area contributed by atoms with E-state index < -0.39 is 0 Å². The molecule has 1 atom stereocenters. The normalized spacial score (nSPS) is 13.8. The van der Waals surface area contributed by atoms with Crippen molar-refractivity contribution in [1.82, 2.24) is 5.32 Å². The van der Waals surface area contributed by atoms with Gasteiger partial charge in [-0.25, -0.2) is 0 Å². The molecule has 1 aromatic rings. The summed E-state index contributed by atoms with van der Waals surface area (Å²) >= 11 is 1.78. The van der Waals surface area contributed by atoms with Crippen molar-refractivity contribution < 1.29 is 4.79 Å². The lowest BCUT2D eigenvalue weighted by molar-refractivity contribution is -0.119. The van der Waals surface area contributed by atoms with Crippen LogP contribution in [0.2, 0.25) is 0 Å². The first-order valence-electron chi connectivity index (χ1n) is 5.42. The van der Waals surface area contributed by atoms with Crippen molar-refractivity contribution in [2.45, 2.75) is 45.7 Å². The van der Waals surface area contributed by atoms with Crippen molar-refractivity contribution in [2.75, 3.05) is 0 Å². The fraction of sp³-hybridized carbons (Fsp3) is 0.583. The number of amides is 1. The first kappa shape index (κ1) is 13.2. The third-order valence-corrected chi connectivity index (χ3v) is 3.92. The van der Waals surface area contributed by atoms with Crippen LogP contribution in [0.1, 0.15) is 37.4 Å². The molecule has 0 aliphatic carbocycles. The lowest BCUT2D eigenvalue weighted by atomic mass is 9.95. The van der Waals surface area contributed by atoms with Gasteiger partial charge in [0.05, 0.1) is 6.04 Å². The van der Waals surface area contributed by atoms with Gasteiger partial charge in [-0.15, -0.1) is 11.3 Å². The van der Waals surface area contributed by atoms with Crippen LogP contribution in [0, 0.1) is 0 Å². The predicted molar refractivity (Wildman–Crippen MR) is 68.5 cm³/mol. The zero-order chi connectivity index (χ0) is 12.3. The summed E-state index contributed by atoms with van der Waals surface area (Å²) in [5, 5.41) is 3.10. The molecule has 0 spiro atoms. The van der Waals surface area contributed by atoms with Crippen molar-refractivity contribution in [3.05, 3.63) is 21.9 Å². The molecule has 0 aromatic carbocycles. The molecule has 1 amide bonds. The Morgan fingerprint density at radius 1 is 1.50 bits per heavy atom. The van der Waals surface area contributed by atoms with Crippen LogP contribution in [0.15, 0.2) is 12.1 Å². The molecular weight excluding hydrogens is 220 g/mol. The van der Waals surface area contributed by atoms with E-state index in [0.717, 1.165) is 0 Å². The number of carbonyl (C=O) groups excluding carboxylic acids is 1. The highest BCUT2D eigenvalue weighted by Gasteiger charge is 2.16. The van der Waals surface area contributed by atoms with E-state index in [2.05, 4.69) is 38.2 Å². The topological polar surface area (TPSA) is 55.1 Å². The smallest absolute Gasteiger partial charge is 0.234 e. The average molecular weight is 240 g/mol. The summed E-state index contributed by atoms with van der Waals surface area (Å²) in [4.78, 5) is 13.4. The lowest BCUT2D eigenvalue weighted by Gasteiger charge is -2.15. The van der Waals surface area contributed by atoms with Crippen LogP contribution in [0.3, 0.4) is 0 Å². The molecule has 0 aliphatic rings. The second-order valence-corrected chi connectivity index (χ2v) is 6.19. The van der Waals surface area contributed by atoms with Gasteiger partial charge >= 0.3 is 0 Å². The molecule has 1 rings (SSSR count). The minimum atomic E-state index is -0.312. The monoisotopic (exact) mass is 240 g/mol. The Labute approximate surface area is 101 Å². The molecule has 0 fully saturated rings. The molecule has 0 radical (unpaired) electrons. The van der Waals surface area contributed by atoms with E-state index in [0.29, 0.717) is 6.54 Å². The summed E-state index contributed by atoms with van der Waals surface area (Å²) in [6.45, 7) is 9.07. The maximum Gasteiger partial charge on any atom is 0.234 e. The fourth-order valence-electron chi connectivity index (χ4n) is 1.23. The van der Waals surface area contributed by atoms with Gasteiger partial charge in [-0.1, -0.05) is 20.8 Å². The Balaban J connectivity index is 2.57. The Morgan fingerprint density at radius 2 is 2.12 bits per heavy atom. The Hall–Kier alpha value is -0.870. The number of rotatable bonds is 4. The van der Waals surface area contributed by atoms with E-state index in [4.69, 9.17) is 5.73 Å². The number of nitrogens with one attached hydrogen (secondary N) is 1. The predicted octanol–water partition coefficient (Wildman–Crippen LogP) is 2.01. The molecular formula is C12H20N2OS. The molecule has 1 aromatic heterocycles. The zero-order valence-electron chi connectivity index (χ0n) is 10.3. The lowest BCUT2D eigenvalue weighted by Crippen LogP contribution is -2.38. The maximum absolute atomic E-state index is 10.8. The molecule has 0 saturated heterocycles. The highest BCUT2D eigenvalue weighted by Crippen LogP contribution is 2.29. The standard InChI is InChI=1S/C12H20N2OS/c1-8(11(13)15)14-7-9-5-6-10(16-9)12(2,3)4/h5-6,8,14H,7H2,1-4H3,(H2,13,15). The number of primary amides is 1. The third-order valence-electron chi connectivity index (χ3n) is 2.41. The molecule has 3 nitrogen and oxygen atoms in total. The Morgan fingerprint density at radius 3 is 2.56 bits per heavy atom. The number of nitrogens with two attached hydrogens (primary N) is 1. The number of thiophene rings is 1. The second-order valence-electron chi connectivity index (χ2n) is 5.02. The SMILES string of the molecule is CC(NCc1ccc(C(C)(C)C)s1)C(N)=O. The Kier molecular flexibility index (Phi) is 4.10. The minimum absolute atomic E-state index is 0.193. The van der Waals surface area contributed by atoms with Gasteiger partial charge in [-0.2, -0.15) is 0 Å². The number of hydrogen-bond donors (Lipinski definition) is 2. The molecule has 0 aliphatic heterocycles. The summed E-state index contributed by atoms with van der Waals surface area (Å²) < 4.78 is 0. The maximum atomic E-state index is 10.8. The van der Waals surface area contributed by atoms with Gasteiger partial charge in [-0.05, 0) is 24.5 Å². The van der Waals surface area contributed by atoms with Crippen molar-refractivity contribution in [1.29, 1.82) is 0 Å².